The maximum absolute atomic E-state index is 12.7. The molecule has 130 valence electrons. The average Bonchev–Trinajstić information content (AvgIpc) is 3.03. The quantitative estimate of drug-likeness (QED) is 0.842. The van der Waals surface area contributed by atoms with Gasteiger partial charge in [0.25, 0.3) is 5.91 Å². The zero-order valence-electron chi connectivity index (χ0n) is 14.5. The topological polar surface area (TPSA) is 49.9 Å². The minimum Gasteiger partial charge on any atom is -0.380 e. The fraction of sp³-hybridized carbons (Fsp3) is 0.300. The maximum Gasteiger partial charge on any atom is 0.254 e. The first-order chi connectivity index (χ1) is 12.1. The van der Waals surface area contributed by atoms with Crippen LogP contribution >= 0.6 is 0 Å². The summed E-state index contributed by atoms with van der Waals surface area (Å²) < 4.78 is 5.08. The van der Waals surface area contributed by atoms with Crippen LogP contribution in [0.4, 0.5) is 5.69 Å². The second-order valence-electron chi connectivity index (χ2n) is 6.18. The van der Waals surface area contributed by atoms with Gasteiger partial charge in [0.15, 0.2) is 0 Å². The summed E-state index contributed by atoms with van der Waals surface area (Å²) in [4.78, 5) is 28.7. The van der Waals surface area contributed by atoms with Crippen LogP contribution in [0.15, 0.2) is 54.6 Å². The molecular formula is C20H22N2O3. The summed E-state index contributed by atoms with van der Waals surface area (Å²) in [5.74, 6) is -0.171. The molecule has 0 radical (unpaired) electrons. The van der Waals surface area contributed by atoms with Gasteiger partial charge in [0, 0.05) is 32.0 Å². The van der Waals surface area contributed by atoms with Gasteiger partial charge in [-0.3, -0.25) is 9.59 Å². The third-order valence-corrected chi connectivity index (χ3v) is 4.54. The molecule has 1 unspecified atom stereocenters. The van der Waals surface area contributed by atoms with Gasteiger partial charge in [0.1, 0.15) is 6.04 Å². The minimum absolute atomic E-state index is 0.0296. The Morgan fingerprint density at radius 1 is 1.16 bits per heavy atom. The van der Waals surface area contributed by atoms with Crippen LogP contribution in [0.2, 0.25) is 0 Å². The van der Waals surface area contributed by atoms with Gasteiger partial charge >= 0.3 is 0 Å². The fourth-order valence-corrected chi connectivity index (χ4v) is 3.14. The van der Waals surface area contributed by atoms with Crippen LogP contribution in [-0.4, -0.2) is 43.5 Å². The molecule has 2 aromatic rings. The molecule has 0 aromatic heterocycles. The van der Waals surface area contributed by atoms with Crippen molar-refractivity contribution < 1.29 is 14.3 Å². The molecule has 1 saturated heterocycles. The molecular weight excluding hydrogens is 316 g/mol. The molecule has 5 heteroatoms. The average molecular weight is 338 g/mol. The number of nitrogens with zero attached hydrogens (tertiary/aromatic N) is 2. The predicted molar refractivity (Wildman–Crippen MR) is 96.4 cm³/mol. The molecule has 0 bridgehead atoms. The van der Waals surface area contributed by atoms with Crippen LogP contribution in [0, 0.1) is 0 Å². The molecule has 25 heavy (non-hydrogen) atoms. The lowest BCUT2D eigenvalue weighted by molar-refractivity contribution is -0.120. The lowest BCUT2D eigenvalue weighted by atomic mass is 10.1. The van der Waals surface area contributed by atoms with Crippen LogP contribution in [0.5, 0.6) is 0 Å². The number of likely N-dealkylation sites (N-methyl/N-ethyl adjacent to an activating group) is 1. The molecule has 2 amide bonds. The summed E-state index contributed by atoms with van der Waals surface area (Å²) in [6, 6.07) is 16.4. The largest absolute Gasteiger partial charge is 0.380 e. The number of carbonyl (C=O) groups excluding carboxylic acids is 2. The van der Waals surface area contributed by atoms with Gasteiger partial charge in [0.05, 0.1) is 6.61 Å². The molecule has 0 spiro atoms. The van der Waals surface area contributed by atoms with Crippen molar-refractivity contribution in [3.05, 3.63) is 65.7 Å². The van der Waals surface area contributed by atoms with Crippen LogP contribution in [0.1, 0.15) is 22.3 Å². The van der Waals surface area contributed by atoms with E-state index in [9.17, 15) is 9.59 Å². The molecule has 1 atom stereocenters. The van der Waals surface area contributed by atoms with Crippen LogP contribution < -0.4 is 4.90 Å². The Morgan fingerprint density at radius 3 is 2.48 bits per heavy atom. The number of anilines is 1. The maximum atomic E-state index is 12.7. The first kappa shape index (κ1) is 17.2. The van der Waals surface area contributed by atoms with Gasteiger partial charge in [-0.2, -0.15) is 0 Å². The van der Waals surface area contributed by atoms with E-state index in [0.717, 1.165) is 11.3 Å². The molecule has 1 fully saturated rings. The number of carbonyl (C=O) groups is 2. The van der Waals surface area contributed by atoms with Crippen molar-refractivity contribution in [2.45, 2.75) is 19.1 Å². The van der Waals surface area contributed by atoms with Crippen molar-refractivity contribution in [3.63, 3.8) is 0 Å². The Kier molecular flexibility index (Phi) is 5.14. The zero-order valence-corrected chi connectivity index (χ0v) is 14.5. The van der Waals surface area contributed by atoms with Crippen LogP contribution in [0.3, 0.4) is 0 Å². The van der Waals surface area contributed by atoms with E-state index in [1.807, 2.05) is 42.5 Å². The van der Waals surface area contributed by atoms with Crippen molar-refractivity contribution in [1.29, 1.82) is 0 Å². The van der Waals surface area contributed by atoms with Crippen molar-refractivity contribution >= 4 is 17.5 Å². The summed E-state index contributed by atoms with van der Waals surface area (Å²) in [6.45, 7) is 1.13. The highest BCUT2D eigenvalue weighted by Crippen LogP contribution is 2.24. The van der Waals surface area contributed by atoms with Crippen molar-refractivity contribution in [3.8, 4) is 0 Å². The fourth-order valence-electron chi connectivity index (χ4n) is 3.14. The number of hydrogen-bond acceptors (Lipinski definition) is 3. The Balaban J connectivity index is 1.71. The van der Waals surface area contributed by atoms with E-state index < -0.39 is 6.04 Å². The van der Waals surface area contributed by atoms with Gasteiger partial charge in [-0.1, -0.05) is 30.3 Å². The van der Waals surface area contributed by atoms with Gasteiger partial charge in [-0.15, -0.1) is 0 Å². The Hall–Kier alpha value is -2.66. The SMILES string of the molecule is COCc1ccc(C(=O)N(C)C2CCN(c3ccccc3)C2=O)cc1. The van der Waals surface area contributed by atoms with E-state index in [2.05, 4.69) is 0 Å². The number of methoxy groups -OCH3 is 1. The zero-order chi connectivity index (χ0) is 17.8. The van der Waals surface area contributed by atoms with E-state index in [1.165, 1.54) is 0 Å². The lowest BCUT2D eigenvalue weighted by Crippen LogP contribution is -2.43. The van der Waals surface area contributed by atoms with Crippen LogP contribution in [0.25, 0.3) is 0 Å². The van der Waals surface area contributed by atoms with Crippen molar-refractivity contribution in [1.82, 2.24) is 4.90 Å². The number of amides is 2. The first-order valence-electron chi connectivity index (χ1n) is 8.33. The highest BCUT2D eigenvalue weighted by molar-refractivity contribution is 6.03. The summed E-state index contributed by atoms with van der Waals surface area (Å²) in [5, 5.41) is 0. The molecule has 0 N–H and O–H groups in total. The normalized spacial score (nSPS) is 17.0. The van der Waals surface area contributed by atoms with Gasteiger partial charge in [0.2, 0.25) is 5.91 Å². The highest BCUT2D eigenvalue weighted by Gasteiger charge is 2.37. The molecule has 1 heterocycles. The number of para-hydroxylation sites is 1. The second kappa shape index (κ2) is 7.49. The van der Waals surface area contributed by atoms with Gasteiger partial charge in [-0.05, 0) is 36.2 Å². The third-order valence-electron chi connectivity index (χ3n) is 4.54. The predicted octanol–water partition coefficient (Wildman–Crippen LogP) is 2.71. The number of ether oxygens (including phenoxy) is 1. The summed E-state index contributed by atoms with van der Waals surface area (Å²) in [5.41, 5.74) is 2.46. The minimum atomic E-state index is -0.425. The lowest BCUT2D eigenvalue weighted by Gasteiger charge is -2.24. The molecule has 0 saturated carbocycles. The van der Waals surface area contributed by atoms with E-state index >= 15 is 0 Å². The van der Waals surface area contributed by atoms with E-state index in [1.54, 1.807) is 36.1 Å². The Morgan fingerprint density at radius 2 is 1.84 bits per heavy atom. The van der Waals surface area contributed by atoms with E-state index in [0.29, 0.717) is 25.1 Å². The first-order valence-corrected chi connectivity index (χ1v) is 8.33. The van der Waals surface area contributed by atoms with E-state index in [-0.39, 0.29) is 11.8 Å². The molecule has 0 aliphatic carbocycles. The highest BCUT2D eigenvalue weighted by atomic mass is 16.5. The molecule has 5 nitrogen and oxygen atoms in total. The van der Waals surface area contributed by atoms with Crippen molar-refractivity contribution in [2.24, 2.45) is 0 Å². The molecule has 3 rings (SSSR count). The summed E-state index contributed by atoms with van der Waals surface area (Å²) >= 11 is 0. The Bertz CT molecular complexity index is 743. The standard InChI is InChI=1S/C20H22N2O3/c1-21(19(23)16-10-8-15(9-11-16)14-25-2)18-12-13-22(20(18)24)17-6-4-3-5-7-17/h3-11,18H,12-14H2,1-2H3. The molecule has 2 aromatic carbocycles. The number of hydrogen-bond donors (Lipinski definition) is 0. The second-order valence-corrected chi connectivity index (χ2v) is 6.18. The van der Waals surface area contributed by atoms with Crippen molar-refractivity contribution in [2.75, 3.05) is 25.6 Å². The number of benzene rings is 2. The summed E-state index contributed by atoms with van der Waals surface area (Å²) in [7, 11) is 3.33. The van der Waals surface area contributed by atoms with Crippen LogP contribution in [-0.2, 0) is 16.1 Å². The smallest absolute Gasteiger partial charge is 0.254 e. The monoisotopic (exact) mass is 338 g/mol. The molecule has 1 aliphatic heterocycles. The van der Waals surface area contributed by atoms with E-state index in [4.69, 9.17) is 4.74 Å². The van der Waals surface area contributed by atoms with Gasteiger partial charge in [-0.25, -0.2) is 0 Å². The third kappa shape index (κ3) is 3.56. The number of rotatable bonds is 5. The Labute approximate surface area is 147 Å². The summed E-state index contributed by atoms with van der Waals surface area (Å²) in [6.07, 6.45) is 0.637. The molecule has 1 aliphatic rings. The van der Waals surface area contributed by atoms with Gasteiger partial charge < -0.3 is 14.5 Å².